The highest BCUT2D eigenvalue weighted by Gasteiger charge is 2.33. The number of fused-ring (bicyclic) bond motifs is 1. The molecule has 2 amide bonds. The fourth-order valence-corrected chi connectivity index (χ4v) is 2.58. The lowest BCUT2D eigenvalue weighted by atomic mass is 10.1. The zero-order valence-electron chi connectivity index (χ0n) is 11.8. The highest BCUT2D eigenvalue weighted by Crippen LogP contribution is 2.17. The minimum atomic E-state index is -0.267. The van der Waals surface area contributed by atoms with Crippen molar-refractivity contribution in [3.05, 3.63) is 30.2 Å². The van der Waals surface area contributed by atoms with E-state index in [-0.39, 0.29) is 17.7 Å². The lowest BCUT2D eigenvalue weighted by Crippen LogP contribution is -2.33. The molecule has 21 heavy (non-hydrogen) atoms. The van der Waals surface area contributed by atoms with Crippen LogP contribution in [0.2, 0.25) is 0 Å². The van der Waals surface area contributed by atoms with E-state index in [4.69, 9.17) is 0 Å². The molecule has 7 nitrogen and oxygen atoms in total. The summed E-state index contributed by atoms with van der Waals surface area (Å²) in [5, 5.41) is 10.9. The van der Waals surface area contributed by atoms with Crippen LogP contribution in [0.5, 0.6) is 0 Å². The molecule has 2 aromatic heterocycles. The Kier molecular flexibility index (Phi) is 3.55. The molecule has 1 fully saturated rings. The number of pyridine rings is 1. The van der Waals surface area contributed by atoms with Crippen molar-refractivity contribution in [2.45, 2.75) is 19.9 Å². The van der Waals surface area contributed by atoms with Gasteiger partial charge >= 0.3 is 0 Å². The van der Waals surface area contributed by atoms with Crippen molar-refractivity contribution >= 4 is 17.5 Å². The lowest BCUT2D eigenvalue weighted by Gasteiger charge is -2.13. The summed E-state index contributed by atoms with van der Waals surface area (Å²) in [6, 6.07) is 5.62. The Morgan fingerprint density at radius 2 is 2.29 bits per heavy atom. The number of hydrogen-bond donors (Lipinski definition) is 1. The molecule has 2 aromatic rings. The minimum Gasteiger partial charge on any atom is -0.348 e. The number of carbonyl (C=O) groups excluding carboxylic acids is 2. The normalized spacial score (nSPS) is 18.4. The Morgan fingerprint density at radius 3 is 3.05 bits per heavy atom. The molecule has 1 aliphatic heterocycles. The number of nitrogens with one attached hydrogen (secondary N) is 1. The summed E-state index contributed by atoms with van der Waals surface area (Å²) in [5.41, 5.74) is 0.745. The fourth-order valence-electron chi connectivity index (χ4n) is 2.58. The first-order chi connectivity index (χ1) is 10.2. The van der Waals surface area contributed by atoms with E-state index in [0.29, 0.717) is 31.9 Å². The third-order valence-corrected chi connectivity index (χ3v) is 3.77. The van der Waals surface area contributed by atoms with E-state index in [1.807, 2.05) is 35.7 Å². The van der Waals surface area contributed by atoms with Gasteiger partial charge in [0.2, 0.25) is 11.8 Å². The summed E-state index contributed by atoms with van der Waals surface area (Å²) in [5.74, 6) is 0.352. The van der Waals surface area contributed by atoms with Crippen LogP contribution in [0.15, 0.2) is 24.4 Å². The molecule has 0 aliphatic carbocycles. The maximum Gasteiger partial charge on any atom is 0.225 e. The predicted molar refractivity (Wildman–Crippen MR) is 75.2 cm³/mol. The van der Waals surface area contributed by atoms with Crippen LogP contribution in [-0.2, 0) is 16.1 Å². The highest BCUT2D eigenvalue weighted by molar-refractivity contribution is 5.89. The zero-order valence-corrected chi connectivity index (χ0v) is 11.8. The summed E-state index contributed by atoms with van der Waals surface area (Å²) >= 11 is 0. The highest BCUT2D eigenvalue weighted by atomic mass is 16.2. The van der Waals surface area contributed by atoms with Crippen molar-refractivity contribution in [1.29, 1.82) is 0 Å². The van der Waals surface area contributed by atoms with Crippen LogP contribution in [-0.4, -0.2) is 44.4 Å². The maximum absolute atomic E-state index is 12.1. The van der Waals surface area contributed by atoms with Crippen molar-refractivity contribution in [3.63, 3.8) is 0 Å². The third-order valence-electron chi connectivity index (χ3n) is 3.77. The smallest absolute Gasteiger partial charge is 0.225 e. The first kappa shape index (κ1) is 13.5. The Bertz CT molecular complexity index is 681. The van der Waals surface area contributed by atoms with Crippen LogP contribution in [0, 0.1) is 5.92 Å². The molecule has 0 unspecified atom stereocenters. The summed E-state index contributed by atoms with van der Waals surface area (Å²) in [7, 11) is 0. The zero-order chi connectivity index (χ0) is 14.8. The molecular weight excluding hydrogens is 270 g/mol. The van der Waals surface area contributed by atoms with Gasteiger partial charge in [-0.2, -0.15) is 0 Å². The maximum atomic E-state index is 12.1. The van der Waals surface area contributed by atoms with E-state index in [2.05, 4.69) is 15.5 Å². The number of rotatable bonds is 4. The number of amides is 2. The molecule has 7 heteroatoms. The quantitative estimate of drug-likeness (QED) is 0.872. The molecule has 110 valence electrons. The van der Waals surface area contributed by atoms with Gasteiger partial charge in [-0.15, -0.1) is 10.2 Å². The summed E-state index contributed by atoms with van der Waals surface area (Å²) in [4.78, 5) is 25.5. The number of aromatic nitrogens is 3. The lowest BCUT2D eigenvalue weighted by molar-refractivity contribution is -0.128. The van der Waals surface area contributed by atoms with Gasteiger partial charge in [-0.3, -0.25) is 14.0 Å². The Balaban J connectivity index is 1.63. The van der Waals surface area contributed by atoms with Crippen molar-refractivity contribution in [1.82, 2.24) is 24.8 Å². The number of hydrogen-bond acceptors (Lipinski definition) is 4. The molecule has 0 aromatic carbocycles. The Labute approximate surface area is 122 Å². The molecule has 1 N–H and O–H groups in total. The van der Waals surface area contributed by atoms with Gasteiger partial charge in [-0.25, -0.2) is 0 Å². The fraction of sp³-hybridized carbons (Fsp3) is 0.429. The first-order valence-corrected chi connectivity index (χ1v) is 7.03. The van der Waals surface area contributed by atoms with Crippen LogP contribution >= 0.6 is 0 Å². The van der Waals surface area contributed by atoms with Crippen molar-refractivity contribution in [2.75, 3.05) is 13.1 Å². The van der Waals surface area contributed by atoms with E-state index >= 15 is 0 Å². The van der Waals surface area contributed by atoms with Crippen LogP contribution < -0.4 is 5.32 Å². The molecule has 0 spiro atoms. The van der Waals surface area contributed by atoms with Crippen LogP contribution in [0.1, 0.15) is 19.2 Å². The summed E-state index contributed by atoms with van der Waals surface area (Å²) in [6.45, 7) is 3.38. The van der Waals surface area contributed by atoms with Gasteiger partial charge in [0.05, 0.1) is 12.5 Å². The van der Waals surface area contributed by atoms with Crippen LogP contribution in [0.25, 0.3) is 5.65 Å². The van der Waals surface area contributed by atoms with E-state index < -0.39 is 0 Å². The standard InChI is InChI=1S/C14H17N5O2/c1-2-18-9-10(7-13(18)20)14(21)15-8-12-17-16-11-5-3-4-6-19(11)12/h3-6,10H,2,7-9H2,1H3,(H,15,21)/t10-/m1/s1. The van der Waals surface area contributed by atoms with E-state index in [1.165, 1.54) is 0 Å². The van der Waals surface area contributed by atoms with E-state index in [1.54, 1.807) is 4.90 Å². The minimum absolute atomic E-state index is 0.0468. The number of likely N-dealkylation sites (tertiary alicyclic amines) is 1. The predicted octanol–water partition coefficient (Wildman–Crippen LogP) is 0.214. The first-order valence-electron chi connectivity index (χ1n) is 7.03. The average molecular weight is 287 g/mol. The molecule has 0 saturated carbocycles. The SMILES string of the molecule is CCN1C[C@H](C(=O)NCc2nnc3ccccn23)CC1=O. The third kappa shape index (κ3) is 2.58. The van der Waals surface area contributed by atoms with E-state index in [0.717, 1.165) is 5.65 Å². The molecule has 3 rings (SSSR count). The second-order valence-corrected chi connectivity index (χ2v) is 5.10. The van der Waals surface area contributed by atoms with Gasteiger partial charge in [-0.05, 0) is 19.1 Å². The van der Waals surface area contributed by atoms with Gasteiger partial charge in [0.15, 0.2) is 11.5 Å². The van der Waals surface area contributed by atoms with Gasteiger partial charge in [0.1, 0.15) is 0 Å². The Morgan fingerprint density at radius 1 is 1.43 bits per heavy atom. The molecule has 0 bridgehead atoms. The molecule has 3 heterocycles. The van der Waals surface area contributed by atoms with Gasteiger partial charge in [0.25, 0.3) is 0 Å². The Hall–Kier alpha value is -2.44. The topological polar surface area (TPSA) is 79.6 Å². The monoisotopic (exact) mass is 287 g/mol. The van der Waals surface area contributed by atoms with Crippen molar-refractivity contribution in [3.8, 4) is 0 Å². The van der Waals surface area contributed by atoms with Crippen molar-refractivity contribution in [2.24, 2.45) is 5.92 Å². The van der Waals surface area contributed by atoms with Gasteiger partial charge in [-0.1, -0.05) is 6.07 Å². The summed E-state index contributed by atoms with van der Waals surface area (Å²) < 4.78 is 1.83. The van der Waals surface area contributed by atoms with Gasteiger partial charge in [0, 0.05) is 25.7 Å². The second-order valence-electron chi connectivity index (χ2n) is 5.10. The molecular formula is C14H17N5O2. The molecule has 1 atom stereocenters. The van der Waals surface area contributed by atoms with E-state index in [9.17, 15) is 9.59 Å². The van der Waals surface area contributed by atoms with Crippen LogP contribution in [0.4, 0.5) is 0 Å². The number of carbonyl (C=O) groups is 2. The molecule has 1 aliphatic rings. The molecule has 0 radical (unpaired) electrons. The molecule has 1 saturated heterocycles. The van der Waals surface area contributed by atoms with Gasteiger partial charge < -0.3 is 10.2 Å². The number of nitrogens with zero attached hydrogens (tertiary/aromatic N) is 4. The van der Waals surface area contributed by atoms with Crippen LogP contribution in [0.3, 0.4) is 0 Å². The average Bonchev–Trinajstić information content (AvgIpc) is 3.08. The second kappa shape index (κ2) is 5.51. The van der Waals surface area contributed by atoms with Crippen molar-refractivity contribution < 1.29 is 9.59 Å². The summed E-state index contributed by atoms with van der Waals surface area (Å²) in [6.07, 6.45) is 2.15. The largest absolute Gasteiger partial charge is 0.348 e.